The first-order chi connectivity index (χ1) is 4.16. The van der Waals surface area contributed by atoms with Gasteiger partial charge >= 0.3 is 5.97 Å². The van der Waals surface area contributed by atoms with Crippen LogP contribution in [0.2, 0.25) is 0 Å². The van der Waals surface area contributed by atoms with Crippen LogP contribution in [0, 0.1) is 0 Å². The average molecular weight is 132 g/mol. The van der Waals surface area contributed by atoms with Crippen LogP contribution in [0.3, 0.4) is 0 Å². The molecule has 1 N–H and O–H groups in total. The summed E-state index contributed by atoms with van der Waals surface area (Å²) >= 11 is 0. The monoisotopic (exact) mass is 132 g/mol. The molecule has 0 aromatic carbocycles. The fourth-order valence-electron chi connectivity index (χ4n) is 0.454. The Balaban J connectivity index is 3.17. The quantitative estimate of drug-likeness (QED) is 0.484. The van der Waals surface area contributed by atoms with Crippen molar-refractivity contribution in [2.45, 2.75) is 6.42 Å². The molecule has 0 aromatic heterocycles. The molecule has 0 atom stereocenters. The number of hydrogen-bond donors (Lipinski definition) is 1. The highest BCUT2D eigenvalue weighted by molar-refractivity contribution is 5.69. The van der Waals surface area contributed by atoms with E-state index in [9.17, 15) is 4.79 Å². The van der Waals surface area contributed by atoms with Gasteiger partial charge in [-0.15, -0.1) is 0 Å². The molecule has 9 heavy (non-hydrogen) atoms. The molecule has 0 aliphatic carbocycles. The lowest BCUT2D eigenvalue weighted by atomic mass is 10.4. The summed E-state index contributed by atoms with van der Waals surface area (Å²) in [6, 6.07) is 0. The molecule has 0 amide bonds. The topological polar surface area (TPSA) is 30.7 Å². The van der Waals surface area contributed by atoms with Gasteiger partial charge in [-0.25, -0.2) is 0 Å². The van der Waals surface area contributed by atoms with Crippen molar-refractivity contribution in [1.82, 2.24) is 0 Å². The minimum absolute atomic E-state index is 0.129. The number of rotatable bonds is 3. The third-order valence-corrected chi connectivity index (χ3v) is 1.06. The molecular formula is C6H14NO2+. The van der Waals surface area contributed by atoms with Gasteiger partial charge in [0.15, 0.2) is 0 Å². The van der Waals surface area contributed by atoms with Gasteiger partial charge in [0.05, 0.1) is 34.2 Å². The fourth-order valence-corrected chi connectivity index (χ4v) is 0.454. The van der Waals surface area contributed by atoms with Gasteiger partial charge in [0, 0.05) is 0 Å². The highest BCUT2D eigenvalue weighted by Gasteiger charge is 2.01. The maximum atomic E-state index is 10.5. The lowest BCUT2D eigenvalue weighted by molar-refractivity contribution is -0.857. The molecule has 0 unspecified atom stereocenters. The molecule has 0 saturated heterocycles. The van der Waals surface area contributed by atoms with E-state index in [4.69, 9.17) is 0 Å². The van der Waals surface area contributed by atoms with Crippen LogP contribution in [0.1, 0.15) is 6.42 Å². The predicted octanol–water partition coefficient (Wildman–Crippen LogP) is -1.31. The SMILES string of the molecule is COC(=O)CC[NH+](C)C. The van der Waals surface area contributed by atoms with Gasteiger partial charge in [0.25, 0.3) is 0 Å². The first-order valence-corrected chi connectivity index (χ1v) is 3.02. The standard InChI is InChI=1S/C6H13NO2/c1-7(2)5-4-6(8)9-3/h4-5H2,1-3H3/p+1. The fraction of sp³-hybridized carbons (Fsp3) is 0.833. The van der Waals surface area contributed by atoms with E-state index in [1.165, 1.54) is 12.0 Å². The van der Waals surface area contributed by atoms with Crippen LogP contribution in [-0.4, -0.2) is 33.7 Å². The summed E-state index contributed by atoms with van der Waals surface area (Å²) < 4.78 is 4.45. The molecule has 3 nitrogen and oxygen atoms in total. The van der Waals surface area contributed by atoms with Crippen molar-refractivity contribution in [3.63, 3.8) is 0 Å². The van der Waals surface area contributed by atoms with E-state index in [0.717, 1.165) is 6.54 Å². The second kappa shape index (κ2) is 4.32. The first-order valence-electron chi connectivity index (χ1n) is 3.02. The van der Waals surface area contributed by atoms with Crippen LogP contribution in [-0.2, 0) is 9.53 Å². The van der Waals surface area contributed by atoms with Gasteiger partial charge in [-0.2, -0.15) is 0 Å². The summed E-state index contributed by atoms with van der Waals surface area (Å²) in [5, 5.41) is 0. The molecule has 54 valence electrons. The van der Waals surface area contributed by atoms with Crippen LogP contribution < -0.4 is 4.90 Å². The zero-order chi connectivity index (χ0) is 7.28. The van der Waals surface area contributed by atoms with Crippen molar-refractivity contribution < 1.29 is 14.4 Å². The minimum Gasteiger partial charge on any atom is -0.469 e. The van der Waals surface area contributed by atoms with Crippen LogP contribution in [0.15, 0.2) is 0 Å². The number of ether oxygens (including phenoxy) is 1. The van der Waals surface area contributed by atoms with Gasteiger partial charge in [-0.3, -0.25) is 4.79 Å². The van der Waals surface area contributed by atoms with Gasteiger partial charge in [0.2, 0.25) is 0 Å². The van der Waals surface area contributed by atoms with Crippen molar-refractivity contribution in [2.75, 3.05) is 27.7 Å². The summed E-state index contributed by atoms with van der Waals surface area (Å²) in [6.45, 7) is 0.840. The Morgan fingerprint density at radius 2 is 2.11 bits per heavy atom. The molecule has 0 aliphatic heterocycles. The van der Waals surface area contributed by atoms with Crippen molar-refractivity contribution in [3.05, 3.63) is 0 Å². The van der Waals surface area contributed by atoms with Gasteiger partial charge < -0.3 is 9.64 Å². The Bertz CT molecular complexity index is 91.1. The number of esters is 1. The lowest BCUT2D eigenvalue weighted by Crippen LogP contribution is -3.05. The molecule has 0 rings (SSSR count). The molecule has 0 bridgehead atoms. The Kier molecular flexibility index (Phi) is 4.05. The molecule has 0 saturated carbocycles. The summed E-state index contributed by atoms with van der Waals surface area (Å²) in [6.07, 6.45) is 0.513. The largest absolute Gasteiger partial charge is 0.469 e. The summed E-state index contributed by atoms with van der Waals surface area (Å²) in [4.78, 5) is 11.7. The Morgan fingerprint density at radius 3 is 2.44 bits per heavy atom. The molecule has 0 heterocycles. The molecule has 0 aliphatic rings. The number of methoxy groups -OCH3 is 1. The van der Waals surface area contributed by atoms with Crippen LogP contribution >= 0.6 is 0 Å². The van der Waals surface area contributed by atoms with Gasteiger partial charge in [-0.05, 0) is 0 Å². The predicted molar refractivity (Wildman–Crippen MR) is 34.3 cm³/mol. The molecule has 3 heteroatoms. The zero-order valence-corrected chi connectivity index (χ0v) is 6.23. The molecule has 0 spiro atoms. The average Bonchev–Trinajstić information content (AvgIpc) is 1.83. The van der Waals surface area contributed by atoms with Crippen molar-refractivity contribution in [2.24, 2.45) is 0 Å². The normalized spacial score (nSPS) is 9.78. The second-order valence-electron chi connectivity index (χ2n) is 2.28. The number of carbonyl (C=O) groups excluding carboxylic acids is 1. The number of carbonyl (C=O) groups is 1. The Labute approximate surface area is 55.6 Å². The maximum absolute atomic E-state index is 10.5. The number of quaternary nitrogens is 1. The van der Waals surface area contributed by atoms with Gasteiger partial charge in [-0.1, -0.05) is 0 Å². The maximum Gasteiger partial charge on any atom is 0.311 e. The summed E-state index contributed by atoms with van der Waals surface area (Å²) in [5.41, 5.74) is 0. The highest BCUT2D eigenvalue weighted by atomic mass is 16.5. The van der Waals surface area contributed by atoms with Crippen molar-refractivity contribution in [1.29, 1.82) is 0 Å². The van der Waals surface area contributed by atoms with E-state index >= 15 is 0 Å². The van der Waals surface area contributed by atoms with Crippen molar-refractivity contribution >= 4 is 5.97 Å². The van der Waals surface area contributed by atoms with E-state index in [2.05, 4.69) is 4.74 Å². The first kappa shape index (κ1) is 8.43. The van der Waals surface area contributed by atoms with Crippen LogP contribution in [0.5, 0.6) is 0 Å². The molecular weight excluding hydrogens is 118 g/mol. The van der Waals surface area contributed by atoms with E-state index < -0.39 is 0 Å². The summed E-state index contributed by atoms with van der Waals surface area (Å²) in [5.74, 6) is -0.129. The number of hydrogen-bond acceptors (Lipinski definition) is 2. The smallest absolute Gasteiger partial charge is 0.311 e. The second-order valence-corrected chi connectivity index (χ2v) is 2.28. The third kappa shape index (κ3) is 5.30. The summed E-state index contributed by atoms with van der Waals surface area (Å²) in [7, 11) is 5.42. The Hall–Kier alpha value is -0.570. The van der Waals surface area contributed by atoms with E-state index in [0.29, 0.717) is 6.42 Å². The molecule has 0 aromatic rings. The molecule has 0 fully saturated rings. The van der Waals surface area contributed by atoms with Crippen LogP contribution in [0.4, 0.5) is 0 Å². The van der Waals surface area contributed by atoms with E-state index in [-0.39, 0.29) is 5.97 Å². The number of nitrogens with one attached hydrogen (secondary N) is 1. The van der Waals surface area contributed by atoms with Gasteiger partial charge in [0.1, 0.15) is 0 Å². The third-order valence-electron chi connectivity index (χ3n) is 1.06. The lowest BCUT2D eigenvalue weighted by Gasteiger charge is -2.04. The Morgan fingerprint density at radius 1 is 1.56 bits per heavy atom. The highest BCUT2D eigenvalue weighted by Crippen LogP contribution is 1.76. The minimum atomic E-state index is -0.129. The molecule has 0 radical (unpaired) electrons. The van der Waals surface area contributed by atoms with Crippen molar-refractivity contribution in [3.8, 4) is 0 Å². The van der Waals surface area contributed by atoms with Crippen LogP contribution in [0.25, 0.3) is 0 Å². The van der Waals surface area contributed by atoms with E-state index in [1.54, 1.807) is 0 Å². The zero-order valence-electron chi connectivity index (χ0n) is 6.23. The van der Waals surface area contributed by atoms with E-state index in [1.807, 2.05) is 14.1 Å².